The molecule has 0 radical (unpaired) electrons. The Hall–Kier alpha value is -0.570. The molecule has 1 aromatic heterocycles. The smallest absolute Gasteiger partial charge is 0.220 e. The Bertz CT molecular complexity index is 212. The summed E-state index contributed by atoms with van der Waals surface area (Å²) in [5.41, 5.74) is 1.05. The molecule has 0 atom stereocenters. The average Bonchev–Trinajstić information content (AvgIpc) is 2.14. The molecular formula is C5H7NOS. The Kier molecular flexibility index (Phi) is 1.48. The minimum absolute atomic E-state index is 0.529. The van der Waals surface area contributed by atoms with Crippen molar-refractivity contribution >= 4 is 12.2 Å². The zero-order valence-corrected chi connectivity index (χ0v) is 5.42. The lowest BCUT2D eigenvalue weighted by Gasteiger charge is -1.78. The molecule has 0 aliphatic heterocycles. The normalized spacial score (nSPS) is 9.62. The SMILES string of the molecule is CCc1cc(=S)o[nH]1. The summed E-state index contributed by atoms with van der Waals surface area (Å²) in [7, 11) is 0. The van der Waals surface area contributed by atoms with E-state index in [0.29, 0.717) is 4.71 Å². The topological polar surface area (TPSA) is 28.9 Å². The van der Waals surface area contributed by atoms with Gasteiger partial charge in [-0.25, -0.2) is 5.16 Å². The van der Waals surface area contributed by atoms with Crippen LogP contribution in [-0.4, -0.2) is 5.16 Å². The van der Waals surface area contributed by atoms with Crippen molar-refractivity contribution in [1.29, 1.82) is 0 Å². The molecule has 0 aromatic carbocycles. The third-order valence-corrected chi connectivity index (χ3v) is 1.16. The average molecular weight is 129 g/mol. The van der Waals surface area contributed by atoms with Gasteiger partial charge in [0.2, 0.25) is 4.71 Å². The summed E-state index contributed by atoms with van der Waals surface area (Å²) in [6.07, 6.45) is 0.945. The highest BCUT2D eigenvalue weighted by Crippen LogP contribution is 1.96. The van der Waals surface area contributed by atoms with Crippen LogP contribution in [0.25, 0.3) is 0 Å². The predicted molar refractivity (Wildman–Crippen MR) is 33.3 cm³/mol. The van der Waals surface area contributed by atoms with Crippen molar-refractivity contribution in [2.75, 3.05) is 0 Å². The van der Waals surface area contributed by atoms with Crippen LogP contribution in [0.4, 0.5) is 0 Å². The number of hydrogen-bond donors (Lipinski definition) is 1. The highest BCUT2D eigenvalue weighted by molar-refractivity contribution is 7.71. The first-order valence-corrected chi connectivity index (χ1v) is 2.91. The van der Waals surface area contributed by atoms with E-state index < -0.39 is 0 Å². The molecule has 1 rings (SSSR count). The molecule has 0 aliphatic rings. The number of aromatic amines is 1. The maximum atomic E-state index is 4.75. The quantitative estimate of drug-likeness (QED) is 0.587. The van der Waals surface area contributed by atoms with Gasteiger partial charge in [-0.05, 0) is 18.6 Å². The summed E-state index contributed by atoms with van der Waals surface area (Å²) in [5, 5.41) is 2.68. The van der Waals surface area contributed by atoms with E-state index in [-0.39, 0.29) is 0 Å². The number of rotatable bonds is 1. The molecule has 0 spiro atoms. The molecule has 1 N–H and O–H groups in total. The van der Waals surface area contributed by atoms with Crippen LogP contribution in [0, 0.1) is 4.71 Å². The third-order valence-electron chi connectivity index (χ3n) is 0.956. The largest absolute Gasteiger partial charge is 0.371 e. The molecule has 0 saturated heterocycles. The molecule has 0 unspecified atom stereocenters. The van der Waals surface area contributed by atoms with Gasteiger partial charge >= 0.3 is 0 Å². The van der Waals surface area contributed by atoms with Crippen LogP contribution in [-0.2, 0) is 6.42 Å². The highest BCUT2D eigenvalue weighted by atomic mass is 32.1. The molecule has 0 bridgehead atoms. The van der Waals surface area contributed by atoms with Gasteiger partial charge in [-0.2, -0.15) is 0 Å². The number of nitrogens with one attached hydrogen (secondary N) is 1. The maximum absolute atomic E-state index is 4.75. The van der Waals surface area contributed by atoms with Gasteiger partial charge in [0, 0.05) is 6.07 Å². The second-order valence-electron chi connectivity index (χ2n) is 1.55. The lowest BCUT2D eigenvalue weighted by molar-refractivity contribution is 0.401. The first-order chi connectivity index (χ1) is 3.83. The van der Waals surface area contributed by atoms with Crippen LogP contribution in [0.1, 0.15) is 12.6 Å². The van der Waals surface area contributed by atoms with Gasteiger partial charge < -0.3 is 4.52 Å². The summed E-state index contributed by atoms with van der Waals surface area (Å²) in [5.74, 6) is 0. The third kappa shape index (κ3) is 0.980. The Balaban J connectivity index is 3.01. The molecule has 1 heterocycles. The van der Waals surface area contributed by atoms with Crippen molar-refractivity contribution in [3.63, 3.8) is 0 Å². The van der Waals surface area contributed by atoms with E-state index >= 15 is 0 Å². The van der Waals surface area contributed by atoms with Gasteiger partial charge in [-0.1, -0.05) is 6.92 Å². The van der Waals surface area contributed by atoms with Crippen LogP contribution in [0.15, 0.2) is 10.6 Å². The number of aromatic nitrogens is 1. The molecule has 0 amide bonds. The van der Waals surface area contributed by atoms with Crippen molar-refractivity contribution in [3.8, 4) is 0 Å². The van der Waals surface area contributed by atoms with Gasteiger partial charge in [-0.3, -0.25) is 0 Å². The van der Waals surface area contributed by atoms with Crippen LogP contribution in [0.5, 0.6) is 0 Å². The van der Waals surface area contributed by atoms with E-state index in [0.717, 1.165) is 12.1 Å². The number of hydrogen-bond acceptors (Lipinski definition) is 2. The summed E-state index contributed by atoms with van der Waals surface area (Å²) < 4.78 is 5.27. The van der Waals surface area contributed by atoms with Crippen LogP contribution in [0.2, 0.25) is 0 Å². The second kappa shape index (κ2) is 2.13. The fourth-order valence-corrected chi connectivity index (χ4v) is 0.675. The van der Waals surface area contributed by atoms with E-state index in [1.54, 1.807) is 0 Å². The highest BCUT2D eigenvalue weighted by Gasteiger charge is 1.88. The molecule has 3 heteroatoms. The Labute approximate surface area is 52.5 Å². The minimum Gasteiger partial charge on any atom is -0.371 e. The Morgan fingerprint density at radius 3 is 2.88 bits per heavy atom. The summed E-state index contributed by atoms with van der Waals surface area (Å²) in [6.45, 7) is 2.04. The molecule has 0 saturated carbocycles. The molecule has 2 nitrogen and oxygen atoms in total. The maximum Gasteiger partial charge on any atom is 0.220 e. The predicted octanol–water partition coefficient (Wildman–Crippen LogP) is 1.90. The molecule has 44 valence electrons. The van der Waals surface area contributed by atoms with E-state index in [9.17, 15) is 0 Å². The van der Waals surface area contributed by atoms with E-state index in [1.165, 1.54) is 0 Å². The standard InChI is InChI=1S/C5H7NOS/c1-2-4-3-5(8)7-6-4/h3,6H,2H2,1H3. The Morgan fingerprint density at radius 2 is 2.62 bits per heavy atom. The van der Waals surface area contributed by atoms with E-state index in [1.807, 2.05) is 13.0 Å². The summed E-state index contributed by atoms with van der Waals surface area (Å²) in [6, 6.07) is 1.81. The van der Waals surface area contributed by atoms with Crippen LogP contribution >= 0.6 is 12.2 Å². The Morgan fingerprint density at radius 1 is 1.88 bits per heavy atom. The number of H-pyrrole nitrogens is 1. The van der Waals surface area contributed by atoms with Crippen molar-refractivity contribution in [1.82, 2.24) is 5.16 Å². The first-order valence-electron chi connectivity index (χ1n) is 2.50. The molecule has 0 aliphatic carbocycles. The van der Waals surface area contributed by atoms with Crippen molar-refractivity contribution in [2.24, 2.45) is 0 Å². The van der Waals surface area contributed by atoms with Crippen molar-refractivity contribution in [2.45, 2.75) is 13.3 Å². The molecule has 0 fully saturated rings. The van der Waals surface area contributed by atoms with Gasteiger partial charge in [0.1, 0.15) is 0 Å². The molecule has 8 heavy (non-hydrogen) atoms. The lowest BCUT2D eigenvalue weighted by Crippen LogP contribution is -1.73. The second-order valence-corrected chi connectivity index (χ2v) is 1.95. The fraction of sp³-hybridized carbons (Fsp3) is 0.400. The summed E-state index contributed by atoms with van der Waals surface area (Å²) in [4.78, 5) is 0. The summed E-state index contributed by atoms with van der Waals surface area (Å²) >= 11 is 4.70. The molecule has 1 aromatic rings. The lowest BCUT2D eigenvalue weighted by atomic mass is 10.4. The number of aryl methyl sites for hydroxylation is 1. The van der Waals surface area contributed by atoms with E-state index in [4.69, 9.17) is 16.7 Å². The van der Waals surface area contributed by atoms with Gasteiger partial charge in [0.15, 0.2) is 0 Å². The van der Waals surface area contributed by atoms with Gasteiger partial charge in [0.25, 0.3) is 0 Å². The van der Waals surface area contributed by atoms with E-state index in [2.05, 4.69) is 5.16 Å². The monoisotopic (exact) mass is 129 g/mol. The molecular weight excluding hydrogens is 122 g/mol. The zero-order chi connectivity index (χ0) is 5.98. The van der Waals surface area contributed by atoms with Crippen LogP contribution < -0.4 is 0 Å². The minimum atomic E-state index is 0.529. The van der Waals surface area contributed by atoms with Crippen LogP contribution in [0.3, 0.4) is 0 Å². The van der Waals surface area contributed by atoms with Gasteiger partial charge in [-0.15, -0.1) is 0 Å². The first kappa shape index (κ1) is 5.56. The fourth-order valence-electron chi connectivity index (χ4n) is 0.491. The van der Waals surface area contributed by atoms with Crippen molar-refractivity contribution < 1.29 is 4.52 Å². The van der Waals surface area contributed by atoms with Crippen molar-refractivity contribution in [3.05, 3.63) is 16.5 Å². The van der Waals surface area contributed by atoms with Gasteiger partial charge in [0.05, 0.1) is 5.69 Å². The zero-order valence-electron chi connectivity index (χ0n) is 4.60.